The third-order valence-corrected chi connectivity index (χ3v) is 9.35. The van der Waals surface area contributed by atoms with Gasteiger partial charge in [0.15, 0.2) is 0 Å². The van der Waals surface area contributed by atoms with Crippen LogP contribution in [-0.4, -0.2) is 4.57 Å². The standard InChI is InChI=1S/C45H34N2/c1-45(2)41-22-11-9-20-37(41)38-26-25-36(30-42(38)45)46(33-15-5-3-6-16-33)35-19-13-14-31(28-35)32-24-27-44-40(29-32)39-21-10-12-23-43(39)47(44)34-17-7-4-8-18-34/h3-30H,1-2H3/i3D,5D,6D,13D,14D,15D,16D,19D,28D. The molecule has 1 aliphatic carbocycles. The highest BCUT2D eigenvalue weighted by atomic mass is 15.1. The van der Waals surface area contributed by atoms with Crippen LogP contribution in [0, 0.1) is 0 Å². The van der Waals surface area contributed by atoms with E-state index in [1.807, 2.05) is 97.1 Å². The molecule has 7 aromatic carbocycles. The highest BCUT2D eigenvalue weighted by Gasteiger charge is 2.35. The number of rotatable bonds is 5. The highest BCUT2D eigenvalue weighted by Crippen LogP contribution is 2.50. The first-order valence-electron chi connectivity index (χ1n) is 20.1. The van der Waals surface area contributed by atoms with E-state index in [0.717, 1.165) is 49.7 Å². The quantitative estimate of drug-likeness (QED) is 0.188. The number of anilines is 3. The van der Waals surface area contributed by atoms with Crippen molar-refractivity contribution in [1.82, 2.24) is 4.57 Å². The van der Waals surface area contributed by atoms with Crippen molar-refractivity contribution in [2.24, 2.45) is 0 Å². The zero-order chi connectivity index (χ0) is 39.4. The van der Waals surface area contributed by atoms with Crippen LogP contribution in [0.2, 0.25) is 0 Å². The van der Waals surface area contributed by atoms with Gasteiger partial charge < -0.3 is 9.47 Å². The molecule has 1 aromatic heterocycles. The van der Waals surface area contributed by atoms with Crippen molar-refractivity contribution in [2.45, 2.75) is 19.3 Å². The van der Waals surface area contributed by atoms with Crippen molar-refractivity contribution in [3.63, 3.8) is 0 Å². The molecule has 0 atom stereocenters. The molecular formula is C45H34N2. The fraction of sp³-hybridized carbons (Fsp3) is 0.0667. The van der Waals surface area contributed by atoms with Crippen LogP contribution in [0.3, 0.4) is 0 Å². The molecule has 2 nitrogen and oxygen atoms in total. The Morgan fingerprint density at radius 3 is 2.13 bits per heavy atom. The van der Waals surface area contributed by atoms with E-state index in [4.69, 9.17) is 9.60 Å². The van der Waals surface area contributed by atoms with Gasteiger partial charge in [0.2, 0.25) is 0 Å². The van der Waals surface area contributed by atoms with Crippen LogP contribution in [0.1, 0.15) is 37.3 Å². The molecule has 0 saturated carbocycles. The predicted molar refractivity (Wildman–Crippen MR) is 198 cm³/mol. The molecule has 1 heterocycles. The Hall–Kier alpha value is -5.86. The van der Waals surface area contributed by atoms with Crippen molar-refractivity contribution >= 4 is 38.9 Å². The molecule has 0 fully saturated rings. The first-order chi connectivity index (χ1) is 26.8. The Balaban J connectivity index is 1.33. The molecule has 2 heteroatoms. The second-order valence-corrected chi connectivity index (χ2v) is 12.4. The van der Waals surface area contributed by atoms with Crippen LogP contribution in [-0.2, 0) is 5.41 Å². The van der Waals surface area contributed by atoms with Crippen molar-refractivity contribution in [2.75, 3.05) is 4.90 Å². The maximum Gasteiger partial charge on any atom is 0.0651 e. The Morgan fingerprint density at radius 1 is 0.532 bits per heavy atom. The average molecular weight is 612 g/mol. The maximum absolute atomic E-state index is 9.81. The van der Waals surface area contributed by atoms with E-state index < -0.39 is 47.7 Å². The predicted octanol–water partition coefficient (Wildman–Crippen LogP) is 12.2. The summed E-state index contributed by atoms with van der Waals surface area (Å²) in [5, 5.41) is 1.82. The monoisotopic (exact) mass is 611 g/mol. The van der Waals surface area contributed by atoms with Gasteiger partial charge >= 0.3 is 0 Å². The third-order valence-electron chi connectivity index (χ3n) is 9.35. The summed E-state index contributed by atoms with van der Waals surface area (Å²) in [6.45, 7) is 4.20. The molecule has 9 rings (SSSR count). The van der Waals surface area contributed by atoms with Crippen LogP contribution in [0.4, 0.5) is 17.1 Å². The summed E-state index contributed by atoms with van der Waals surface area (Å²) in [7, 11) is 0. The second kappa shape index (κ2) is 10.6. The Bertz CT molecular complexity index is 2920. The lowest BCUT2D eigenvalue weighted by Crippen LogP contribution is -2.16. The molecule has 0 N–H and O–H groups in total. The number of benzene rings is 7. The molecule has 0 saturated heterocycles. The Kier molecular flexibility index (Phi) is 4.43. The van der Waals surface area contributed by atoms with Crippen molar-refractivity contribution in [1.29, 1.82) is 0 Å². The lowest BCUT2D eigenvalue weighted by molar-refractivity contribution is 0.660. The van der Waals surface area contributed by atoms with Gasteiger partial charge in [-0.25, -0.2) is 0 Å². The number of hydrogen-bond donors (Lipinski definition) is 0. The minimum absolute atomic E-state index is 0.0886. The van der Waals surface area contributed by atoms with E-state index in [9.17, 15) is 2.74 Å². The molecule has 0 spiro atoms. The van der Waals surface area contributed by atoms with Gasteiger partial charge in [-0.2, -0.15) is 0 Å². The van der Waals surface area contributed by atoms with Crippen LogP contribution in [0.5, 0.6) is 0 Å². The fourth-order valence-corrected chi connectivity index (χ4v) is 7.13. The van der Waals surface area contributed by atoms with Gasteiger partial charge in [0.25, 0.3) is 0 Å². The summed E-state index contributed by atoms with van der Waals surface area (Å²) in [5.74, 6) is 0. The largest absolute Gasteiger partial charge is 0.310 e. The second-order valence-electron chi connectivity index (χ2n) is 12.4. The summed E-state index contributed by atoms with van der Waals surface area (Å²) in [4.78, 5) is 1.35. The molecule has 0 radical (unpaired) electrons. The van der Waals surface area contributed by atoms with Crippen molar-refractivity contribution in [3.05, 3.63) is 181 Å². The minimum Gasteiger partial charge on any atom is -0.310 e. The van der Waals surface area contributed by atoms with E-state index in [-0.39, 0.29) is 29.0 Å². The number of fused-ring (bicyclic) bond motifs is 6. The Labute approximate surface area is 288 Å². The lowest BCUT2D eigenvalue weighted by atomic mass is 9.82. The highest BCUT2D eigenvalue weighted by molar-refractivity contribution is 6.10. The molecule has 0 amide bonds. The summed E-state index contributed by atoms with van der Waals surface area (Å²) in [6.07, 6.45) is 0. The number of nitrogens with zero attached hydrogens (tertiary/aromatic N) is 2. The van der Waals surface area contributed by atoms with E-state index in [2.05, 4.69) is 30.5 Å². The first kappa shape index (κ1) is 19.6. The van der Waals surface area contributed by atoms with Gasteiger partial charge in [0, 0.05) is 38.9 Å². The van der Waals surface area contributed by atoms with E-state index in [0.29, 0.717) is 11.3 Å². The summed E-state index contributed by atoms with van der Waals surface area (Å²) in [6, 6.07) is 33.0. The number of aromatic nitrogens is 1. The molecule has 47 heavy (non-hydrogen) atoms. The number of hydrogen-bond acceptors (Lipinski definition) is 1. The minimum atomic E-state index is -0.572. The topological polar surface area (TPSA) is 8.17 Å². The van der Waals surface area contributed by atoms with Crippen molar-refractivity contribution in [3.8, 4) is 27.9 Å². The van der Waals surface area contributed by atoms with Crippen molar-refractivity contribution < 1.29 is 12.3 Å². The molecule has 1 aliphatic rings. The van der Waals surface area contributed by atoms with E-state index >= 15 is 0 Å². The molecule has 224 valence electrons. The Morgan fingerprint density at radius 2 is 1.26 bits per heavy atom. The van der Waals surface area contributed by atoms with Gasteiger partial charge in [-0.05, 0) is 100 Å². The molecular weight excluding hydrogens is 569 g/mol. The summed E-state index contributed by atoms with van der Waals surface area (Å²) >= 11 is 0. The third kappa shape index (κ3) is 4.33. The summed E-state index contributed by atoms with van der Waals surface area (Å²) < 4.78 is 83.2. The van der Waals surface area contributed by atoms with Crippen LogP contribution in [0.15, 0.2) is 170 Å². The maximum atomic E-state index is 9.81. The molecule has 0 bridgehead atoms. The van der Waals surface area contributed by atoms with Gasteiger partial charge in [0.1, 0.15) is 0 Å². The SMILES string of the molecule is [2H]c1c([2H])c([2H])c(N(c2ccc3c(c2)C(C)(C)c2ccccc2-3)c2c([2H])c([2H])c([2H])c(-c3ccc4c(c3)c3ccccc3n4-c3ccccc3)c2[2H])c([2H])c1[2H]. The van der Waals surface area contributed by atoms with E-state index in [1.165, 1.54) is 4.90 Å². The summed E-state index contributed by atoms with van der Waals surface area (Å²) in [5.41, 5.74) is 6.97. The molecule has 8 aromatic rings. The van der Waals surface area contributed by atoms with Crippen LogP contribution >= 0.6 is 0 Å². The zero-order valence-corrected chi connectivity index (χ0v) is 25.9. The first-order valence-corrected chi connectivity index (χ1v) is 15.6. The average Bonchev–Trinajstić information content (AvgIpc) is 3.66. The van der Waals surface area contributed by atoms with Crippen LogP contribution < -0.4 is 4.90 Å². The number of para-hydroxylation sites is 3. The van der Waals surface area contributed by atoms with Gasteiger partial charge in [-0.15, -0.1) is 0 Å². The normalized spacial score (nSPS) is 15.7. The zero-order valence-electron chi connectivity index (χ0n) is 34.9. The van der Waals surface area contributed by atoms with E-state index in [1.54, 1.807) is 6.07 Å². The van der Waals surface area contributed by atoms with Gasteiger partial charge in [-0.1, -0.05) is 117 Å². The smallest absolute Gasteiger partial charge is 0.0651 e. The van der Waals surface area contributed by atoms with Gasteiger partial charge in [0.05, 0.1) is 23.4 Å². The molecule has 0 aliphatic heterocycles. The fourth-order valence-electron chi connectivity index (χ4n) is 7.13. The lowest BCUT2D eigenvalue weighted by Gasteiger charge is -2.28. The van der Waals surface area contributed by atoms with Gasteiger partial charge in [-0.3, -0.25) is 0 Å². The molecule has 0 unspecified atom stereocenters. The van der Waals surface area contributed by atoms with Crippen LogP contribution in [0.25, 0.3) is 49.7 Å².